The Bertz CT molecular complexity index is 558. The normalized spacial score (nSPS) is 10.7. The third-order valence-electron chi connectivity index (χ3n) is 2.27. The third kappa shape index (κ3) is 3.34. The number of halogens is 3. The Balaban J connectivity index is 2.14. The van der Waals surface area contributed by atoms with Crippen molar-refractivity contribution in [1.29, 1.82) is 0 Å². The molecule has 0 spiro atoms. The van der Waals surface area contributed by atoms with Crippen LogP contribution in [0.2, 0.25) is 10.3 Å². The molecule has 0 atom stereocenters. The molecule has 2 aromatic rings. The van der Waals surface area contributed by atoms with Crippen LogP contribution in [0, 0.1) is 12.7 Å². The van der Waals surface area contributed by atoms with E-state index in [4.69, 9.17) is 23.2 Å². The van der Waals surface area contributed by atoms with Crippen LogP contribution in [0.15, 0.2) is 29.4 Å². The lowest BCUT2D eigenvalue weighted by molar-refractivity contribution is 0.608. The molecule has 94 valence electrons. The first-order chi connectivity index (χ1) is 8.56. The van der Waals surface area contributed by atoms with E-state index in [-0.39, 0.29) is 16.1 Å². The maximum Gasteiger partial charge on any atom is 0.190 e. The van der Waals surface area contributed by atoms with Crippen LogP contribution in [0.5, 0.6) is 0 Å². The Morgan fingerprint density at radius 1 is 1.22 bits per heavy atom. The van der Waals surface area contributed by atoms with E-state index in [1.807, 2.05) is 6.07 Å². The van der Waals surface area contributed by atoms with Crippen molar-refractivity contribution in [1.82, 2.24) is 9.97 Å². The minimum Gasteiger partial charge on any atom is -0.211 e. The van der Waals surface area contributed by atoms with Gasteiger partial charge in [0.1, 0.15) is 16.1 Å². The molecule has 0 saturated carbocycles. The summed E-state index contributed by atoms with van der Waals surface area (Å²) in [5, 5.41) is 0.998. The maximum absolute atomic E-state index is 13.8. The minimum atomic E-state index is -0.196. The van der Waals surface area contributed by atoms with Gasteiger partial charge in [0.2, 0.25) is 0 Å². The van der Waals surface area contributed by atoms with E-state index in [1.54, 1.807) is 19.1 Å². The molecule has 1 heterocycles. The van der Waals surface area contributed by atoms with Crippen LogP contribution in [0.4, 0.5) is 4.39 Å². The zero-order valence-electron chi connectivity index (χ0n) is 9.45. The van der Waals surface area contributed by atoms with Crippen LogP contribution in [0.25, 0.3) is 0 Å². The lowest BCUT2D eigenvalue weighted by Gasteiger charge is -2.05. The second-order valence-electron chi connectivity index (χ2n) is 3.63. The number of aryl methyl sites for hydroxylation is 1. The fraction of sp³-hybridized carbons (Fsp3) is 0.167. The summed E-state index contributed by atoms with van der Waals surface area (Å²) in [6.07, 6.45) is 0. The van der Waals surface area contributed by atoms with Gasteiger partial charge in [0, 0.05) is 11.8 Å². The van der Waals surface area contributed by atoms with Gasteiger partial charge in [-0.15, -0.1) is 0 Å². The predicted octanol–water partition coefficient (Wildman–Crippen LogP) is 4.52. The van der Waals surface area contributed by atoms with Crippen molar-refractivity contribution in [3.63, 3.8) is 0 Å². The topological polar surface area (TPSA) is 25.8 Å². The number of thioether (sulfide) groups is 1. The maximum atomic E-state index is 13.8. The van der Waals surface area contributed by atoms with Crippen molar-refractivity contribution in [2.24, 2.45) is 0 Å². The molecule has 0 fully saturated rings. The van der Waals surface area contributed by atoms with Crippen LogP contribution in [0.3, 0.4) is 0 Å². The van der Waals surface area contributed by atoms with Gasteiger partial charge in [-0.05, 0) is 18.1 Å². The standard InChI is InChI=1S/C12H9Cl2FN2S/c1-7-3-2-4-8(11(7)15)6-18-12-16-9(13)5-10(14)17-12/h2-5H,6H2,1H3. The summed E-state index contributed by atoms with van der Waals surface area (Å²) in [5.74, 6) is 0.239. The highest BCUT2D eigenvalue weighted by molar-refractivity contribution is 7.98. The van der Waals surface area contributed by atoms with Crippen molar-refractivity contribution in [2.45, 2.75) is 17.8 Å². The Kier molecular flexibility index (Phi) is 4.43. The summed E-state index contributed by atoms with van der Waals surface area (Å²) in [6.45, 7) is 1.73. The quantitative estimate of drug-likeness (QED) is 0.473. The van der Waals surface area contributed by atoms with Crippen LogP contribution < -0.4 is 0 Å². The zero-order chi connectivity index (χ0) is 13.1. The lowest BCUT2D eigenvalue weighted by Crippen LogP contribution is -1.93. The van der Waals surface area contributed by atoms with Gasteiger partial charge in [0.15, 0.2) is 5.16 Å². The van der Waals surface area contributed by atoms with E-state index in [9.17, 15) is 4.39 Å². The van der Waals surface area contributed by atoms with Crippen molar-refractivity contribution in [2.75, 3.05) is 0 Å². The number of hydrogen-bond donors (Lipinski definition) is 0. The van der Waals surface area contributed by atoms with Crippen molar-refractivity contribution in [3.8, 4) is 0 Å². The van der Waals surface area contributed by atoms with Crippen molar-refractivity contribution >= 4 is 35.0 Å². The molecule has 0 radical (unpaired) electrons. The summed E-state index contributed by atoms with van der Waals surface area (Å²) in [5.41, 5.74) is 1.23. The first-order valence-corrected chi connectivity index (χ1v) is 6.87. The molecular weight excluding hydrogens is 294 g/mol. The van der Waals surface area contributed by atoms with Crippen molar-refractivity contribution < 1.29 is 4.39 Å². The van der Waals surface area contributed by atoms with Crippen LogP contribution in [-0.2, 0) is 5.75 Å². The zero-order valence-corrected chi connectivity index (χ0v) is 11.8. The molecule has 0 saturated heterocycles. The van der Waals surface area contributed by atoms with Crippen LogP contribution >= 0.6 is 35.0 Å². The summed E-state index contributed by atoms with van der Waals surface area (Å²) in [6, 6.07) is 6.75. The van der Waals surface area contributed by atoms with Gasteiger partial charge < -0.3 is 0 Å². The van der Waals surface area contributed by atoms with Crippen LogP contribution in [0.1, 0.15) is 11.1 Å². The van der Waals surface area contributed by atoms with Gasteiger partial charge in [0.05, 0.1) is 0 Å². The molecule has 1 aromatic heterocycles. The highest BCUT2D eigenvalue weighted by Gasteiger charge is 2.07. The number of rotatable bonds is 3. The minimum absolute atomic E-state index is 0.196. The van der Waals surface area contributed by atoms with E-state index in [0.717, 1.165) is 0 Å². The third-order valence-corrected chi connectivity index (χ3v) is 3.56. The first-order valence-electron chi connectivity index (χ1n) is 5.13. The molecule has 18 heavy (non-hydrogen) atoms. The molecular formula is C12H9Cl2FN2S. The second kappa shape index (κ2) is 5.87. The highest BCUT2D eigenvalue weighted by Crippen LogP contribution is 2.24. The predicted molar refractivity (Wildman–Crippen MR) is 72.8 cm³/mol. The summed E-state index contributed by atoms with van der Waals surface area (Å²) in [7, 11) is 0. The average molecular weight is 303 g/mol. The second-order valence-corrected chi connectivity index (χ2v) is 5.35. The molecule has 0 N–H and O–H groups in total. The van der Waals surface area contributed by atoms with E-state index in [0.29, 0.717) is 22.0 Å². The summed E-state index contributed by atoms with van der Waals surface area (Å²) in [4.78, 5) is 8.02. The molecule has 0 unspecified atom stereocenters. The Morgan fingerprint density at radius 3 is 2.56 bits per heavy atom. The number of benzene rings is 1. The molecule has 2 nitrogen and oxygen atoms in total. The average Bonchev–Trinajstić information content (AvgIpc) is 2.30. The molecule has 0 aliphatic rings. The van der Waals surface area contributed by atoms with Gasteiger partial charge in [-0.2, -0.15) is 0 Å². The number of nitrogens with zero attached hydrogens (tertiary/aromatic N) is 2. The number of aromatic nitrogens is 2. The van der Waals surface area contributed by atoms with Gasteiger partial charge in [0.25, 0.3) is 0 Å². The monoisotopic (exact) mass is 302 g/mol. The first kappa shape index (κ1) is 13.6. The van der Waals surface area contributed by atoms with E-state index >= 15 is 0 Å². The Hall–Kier alpha value is -0.840. The fourth-order valence-corrected chi connectivity index (χ4v) is 2.75. The fourth-order valence-electron chi connectivity index (χ4n) is 1.40. The molecule has 0 aliphatic heterocycles. The molecule has 0 bridgehead atoms. The van der Waals surface area contributed by atoms with Gasteiger partial charge in [-0.3, -0.25) is 0 Å². The Labute approximate surface area is 119 Å². The molecule has 0 amide bonds. The van der Waals surface area contributed by atoms with Crippen LogP contribution in [-0.4, -0.2) is 9.97 Å². The molecule has 2 rings (SSSR count). The summed E-state index contributed by atoms with van der Waals surface area (Å²) < 4.78 is 13.8. The van der Waals surface area contributed by atoms with Gasteiger partial charge in [-0.25, -0.2) is 14.4 Å². The van der Waals surface area contributed by atoms with E-state index in [2.05, 4.69) is 9.97 Å². The van der Waals surface area contributed by atoms with Gasteiger partial charge in [-0.1, -0.05) is 53.2 Å². The highest BCUT2D eigenvalue weighted by atomic mass is 35.5. The van der Waals surface area contributed by atoms with E-state index in [1.165, 1.54) is 17.8 Å². The largest absolute Gasteiger partial charge is 0.211 e. The SMILES string of the molecule is Cc1cccc(CSc2nc(Cl)cc(Cl)n2)c1F. The lowest BCUT2D eigenvalue weighted by atomic mass is 10.1. The molecule has 6 heteroatoms. The molecule has 0 aliphatic carbocycles. The Morgan fingerprint density at radius 2 is 1.89 bits per heavy atom. The summed E-state index contributed by atoms with van der Waals surface area (Å²) >= 11 is 12.8. The number of hydrogen-bond acceptors (Lipinski definition) is 3. The van der Waals surface area contributed by atoms with E-state index < -0.39 is 0 Å². The van der Waals surface area contributed by atoms with Gasteiger partial charge >= 0.3 is 0 Å². The molecule has 1 aromatic carbocycles. The smallest absolute Gasteiger partial charge is 0.190 e. The van der Waals surface area contributed by atoms with Crippen molar-refractivity contribution in [3.05, 3.63) is 51.5 Å².